The fourth-order valence-electron chi connectivity index (χ4n) is 4.97. The Labute approximate surface area is 239 Å². The zero-order valence-corrected chi connectivity index (χ0v) is 25.4. The van der Waals surface area contributed by atoms with Gasteiger partial charge < -0.3 is 15.4 Å². The summed E-state index contributed by atoms with van der Waals surface area (Å²) in [6, 6.07) is 10.8. The molecule has 1 aromatic carbocycles. The van der Waals surface area contributed by atoms with Crippen molar-refractivity contribution in [1.82, 2.24) is 14.9 Å². The lowest BCUT2D eigenvalue weighted by atomic mass is 10.1. The van der Waals surface area contributed by atoms with Gasteiger partial charge in [-0.05, 0) is 56.1 Å². The molecule has 1 amide bonds. The van der Waals surface area contributed by atoms with Gasteiger partial charge in [-0.3, -0.25) is 4.79 Å². The molecule has 2 heterocycles. The highest BCUT2D eigenvalue weighted by Crippen LogP contribution is 2.27. The molecule has 0 aliphatic carbocycles. The summed E-state index contributed by atoms with van der Waals surface area (Å²) >= 11 is 1.22. The van der Waals surface area contributed by atoms with Crippen LogP contribution in [0.2, 0.25) is 0 Å². The van der Waals surface area contributed by atoms with Gasteiger partial charge in [0, 0.05) is 29.6 Å². The molecule has 3 rings (SSSR count). The Bertz CT molecular complexity index is 1100. The average Bonchev–Trinajstić information content (AvgIpc) is 3.45. The summed E-state index contributed by atoms with van der Waals surface area (Å²) in [5.41, 5.74) is 0.503. The Kier molecular flexibility index (Phi) is 13.8. The first-order valence-electron chi connectivity index (χ1n) is 14.7. The number of unbranched alkanes of at least 4 members (excludes halogenated alkanes) is 9. The zero-order chi connectivity index (χ0) is 27.9. The SMILES string of the molecule is CCCCCCCCCCCCNC1CCN(S(=O)(=O)c2ccc(CNC(=O)c3cccc(OC)c3)s2)CC1. The topological polar surface area (TPSA) is 87.7 Å². The highest BCUT2D eigenvalue weighted by atomic mass is 32.2. The smallest absolute Gasteiger partial charge is 0.252 e. The molecular formula is C30H47N3O4S2. The summed E-state index contributed by atoms with van der Waals surface area (Å²) in [7, 11) is -1.96. The van der Waals surface area contributed by atoms with Crippen molar-refractivity contribution in [3.05, 3.63) is 46.8 Å². The first-order chi connectivity index (χ1) is 18.9. The highest BCUT2D eigenvalue weighted by Gasteiger charge is 2.30. The summed E-state index contributed by atoms with van der Waals surface area (Å²) in [4.78, 5) is 13.3. The van der Waals surface area contributed by atoms with E-state index in [2.05, 4.69) is 17.6 Å². The van der Waals surface area contributed by atoms with Gasteiger partial charge in [-0.1, -0.05) is 70.8 Å². The van der Waals surface area contributed by atoms with Crippen molar-refractivity contribution in [2.24, 2.45) is 0 Å². The van der Waals surface area contributed by atoms with E-state index in [1.165, 1.54) is 75.5 Å². The molecular weight excluding hydrogens is 530 g/mol. The summed E-state index contributed by atoms with van der Waals surface area (Å²) < 4.78 is 33.5. The molecule has 1 aliphatic heterocycles. The number of carbonyl (C=O) groups excluding carboxylic acids is 1. The van der Waals surface area contributed by atoms with Gasteiger partial charge >= 0.3 is 0 Å². The standard InChI is InChI=1S/C30H47N3O4S2/c1-3-4-5-6-7-8-9-10-11-12-20-31-26-18-21-33(22-19-26)39(35,36)29-17-16-28(38-29)24-32-30(34)25-14-13-15-27(23-25)37-2/h13-17,23,26,31H,3-12,18-22,24H2,1-2H3,(H,32,34). The van der Waals surface area contributed by atoms with Crippen LogP contribution in [0.1, 0.15) is 99.2 Å². The number of ether oxygens (including phenoxy) is 1. The molecule has 218 valence electrons. The molecule has 0 radical (unpaired) electrons. The van der Waals surface area contributed by atoms with Crippen molar-refractivity contribution in [2.45, 2.75) is 101 Å². The number of hydrogen-bond acceptors (Lipinski definition) is 6. The molecule has 2 N–H and O–H groups in total. The van der Waals surface area contributed by atoms with E-state index in [1.54, 1.807) is 47.8 Å². The van der Waals surface area contributed by atoms with Crippen molar-refractivity contribution in [2.75, 3.05) is 26.7 Å². The minimum Gasteiger partial charge on any atom is -0.497 e. The second-order valence-electron chi connectivity index (χ2n) is 10.4. The molecule has 39 heavy (non-hydrogen) atoms. The normalized spacial score (nSPS) is 14.9. The third kappa shape index (κ3) is 10.5. The number of methoxy groups -OCH3 is 1. The van der Waals surface area contributed by atoms with Gasteiger partial charge in [-0.15, -0.1) is 11.3 Å². The largest absolute Gasteiger partial charge is 0.497 e. The second-order valence-corrected chi connectivity index (χ2v) is 13.8. The first-order valence-corrected chi connectivity index (χ1v) is 16.9. The van der Waals surface area contributed by atoms with Crippen LogP contribution in [0.25, 0.3) is 0 Å². The Morgan fingerprint density at radius 3 is 2.31 bits per heavy atom. The number of nitrogens with zero attached hydrogens (tertiary/aromatic N) is 1. The maximum Gasteiger partial charge on any atom is 0.252 e. The van der Waals surface area contributed by atoms with E-state index in [4.69, 9.17) is 4.74 Å². The van der Waals surface area contributed by atoms with E-state index in [0.717, 1.165) is 24.3 Å². The molecule has 0 atom stereocenters. The van der Waals surface area contributed by atoms with Gasteiger partial charge in [-0.2, -0.15) is 4.31 Å². The predicted molar refractivity (Wildman–Crippen MR) is 160 cm³/mol. The third-order valence-corrected chi connectivity index (χ3v) is 10.9. The van der Waals surface area contributed by atoms with Crippen molar-refractivity contribution >= 4 is 27.3 Å². The lowest BCUT2D eigenvalue weighted by Gasteiger charge is -2.31. The van der Waals surface area contributed by atoms with Crippen molar-refractivity contribution < 1.29 is 17.9 Å². The van der Waals surface area contributed by atoms with Crippen LogP contribution < -0.4 is 15.4 Å². The van der Waals surface area contributed by atoms with E-state index in [-0.39, 0.29) is 12.5 Å². The maximum atomic E-state index is 13.2. The number of benzene rings is 1. The molecule has 9 heteroatoms. The quantitative estimate of drug-likeness (QED) is 0.202. The lowest BCUT2D eigenvalue weighted by molar-refractivity contribution is 0.0951. The molecule has 7 nitrogen and oxygen atoms in total. The molecule has 0 spiro atoms. The van der Waals surface area contributed by atoms with Crippen LogP contribution in [0.3, 0.4) is 0 Å². The number of nitrogens with one attached hydrogen (secondary N) is 2. The monoisotopic (exact) mass is 577 g/mol. The number of amides is 1. The highest BCUT2D eigenvalue weighted by molar-refractivity contribution is 7.91. The number of thiophene rings is 1. The molecule has 1 aliphatic rings. The zero-order valence-electron chi connectivity index (χ0n) is 23.8. The molecule has 0 bridgehead atoms. The number of rotatable bonds is 18. The summed E-state index contributed by atoms with van der Waals surface area (Å²) in [6.07, 6.45) is 15.0. The van der Waals surface area contributed by atoms with Gasteiger partial charge in [-0.25, -0.2) is 8.42 Å². The van der Waals surface area contributed by atoms with Gasteiger partial charge in [0.25, 0.3) is 15.9 Å². The van der Waals surface area contributed by atoms with Crippen molar-refractivity contribution in [3.8, 4) is 5.75 Å². The molecule has 2 aromatic rings. The van der Waals surface area contributed by atoms with E-state index < -0.39 is 10.0 Å². The molecule has 1 aromatic heterocycles. The summed E-state index contributed by atoms with van der Waals surface area (Å²) in [6.45, 7) is 4.64. The molecule has 1 fully saturated rings. The van der Waals surface area contributed by atoms with E-state index in [9.17, 15) is 13.2 Å². The third-order valence-electron chi connectivity index (χ3n) is 7.40. The van der Waals surface area contributed by atoms with Crippen LogP contribution in [0.15, 0.2) is 40.6 Å². The maximum absolute atomic E-state index is 13.2. The van der Waals surface area contributed by atoms with Crippen LogP contribution in [0, 0.1) is 0 Å². The van der Waals surface area contributed by atoms with Crippen LogP contribution in [0.4, 0.5) is 0 Å². The van der Waals surface area contributed by atoms with Gasteiger partial charge in [0.1, 0.15) is 9.96 Å². The van der Waals surface area contributed by atoms with Crippen LogP contribution in [-0.4, -0.2) is 51.4 Å². The second kappa shape index (κ2) is 17.0. The van der Waals surface area contributed by atoms with Crippen molar-refractivity contribution in [3.63, 3.8) is 0 Å². The molecule has 1 saturated heterocycles. The molecule has 0 saturated carbocycles. The van der Waals surface area contributed by atoms with Gasteiger partial charge in [0.15, 0.2) is 0 Å². The van der Waals surface area contributed by atoms with Gasteiger partial charge in [0.05, 0.1) is 13.7 Å². The van der Waals surface area contributed by atoms with Crippen LogP contribution in [-0.2, 0) is 16.6 Å². The van der Waals surface area contributed by atoms with Gasteiger partial charge in [0.2, 0.25) is 0 Å². The fourth-order valence-corrected chi connectivity index (χ4v) is 7.89. The first kappa shape index (κ1) is 31.6. The van der Waals surface area contributed by atoms with E-state index in [0.29, 0.717) is 34.7 Å². The average molecular weight is 578 g/mol. The number of carbonyl (C=O) groups is 1. The van der Waals surface area contributed by atoms with E-state index in [1.807, 2.05) is 0 Å². The Morgan fingerprint density at radius 1 is 0.974 bits per heavy atom. The summed E-state index contributed by atoms with van der Waals surface area (Å²) in [5, 5.41) is 6.51. The van der Waals surface area contributed by atoms with Crippen LogP contribution in [0.5, 0.6) is 5.75 Å². The van der Waals surface area contributed by atoms with Crippen molar-refractivity contribution in [1.29, 1.82) is 0 Å². The van der Waals surface area contributed by atoms with E-state index >= 15 is 0 Å². The Balaban J connectivity index is 1.32. The number of sulfonamides is 1. The predicted octanol–water partition coefficient (Wildman–Crippen LogP) is 6.35. The van der Waals surface area contributed by atoms with Crippen LogP contribution >= 0.6 is 11.3 Å². The Hall–Kier alpha value is -1.94. The fraction of sp³-hybridized carbons (Fsp3) is 0.633. The molecule has 0 unspecified atom stereocenters. The Morgan fingerprint density at radius 2 is 1.64 bits per heavy atom. The number of piperidine rings is 1. The lowest BCUT2D eigenvalue weighted by Crippen LogP contribution is -2.44. The minimum atomic E-state index is -3.52. The number of hydrogen-bond donors (Lipinski definition) is 2. The summed E-state index contributed by atoms with van der Waals surface area (Å²) in [5.74, 6) is 0.393. The minimum absolute atomic E-state index is 0.223.